The van der Waals surface area contributed by atoms with Gasteiger partial charge in [-0.1, -0.05) is 60.7 Å². The van der Waals surface area contributed by atoms with Crippen LogP contribution in [0, 0.1) is 0 Å². The fraction of sp³-hybridized carbons (Fsp3) is 0.241. The number of hydrogen-bond acceptors (Lipinski definition) is 5. The number of phenols is 1. The lowest BCUT2D eigenvalue weighted by molar-refractivity contribution is 0.0939. The number of nitrogens with one attached hydrogen (secondary N) is 2. The number of carbonyl (C=O) groups excluding carboxylic acids is 1. The Bertz CT molecular complexity index is 1330. The smallest absolute Gasteiger partial charge is 0.252 e. The number of carbonyl (C=O) groups is 1. The van der Waals surface area contributed by atoms with Gasteiger partial charge in [0, 0.05) is 49.2 Å². The molecule has 0 saturated carbocycles. The molecule has 1 saturated heterocycles. The minimum absolute atomic E-state index is 0.137. The lowest BCUT2D eigenvalue weighted by atomic mass is 9.95. The second-order valence-corrected chi connectivity index (χ2v) is 9.01. The Morgan fingerprint density at radius 2 is 1.77 bits per heavy atom. The van der Waals surface area contributed by atoms with Crippen LogP contribution in [0.5, 0.6) is 5.75 Å². The highest BCUT2D eigenvalue weighted by atomic mass is 16.3. The van der Waals surface area contributed by atoms with E-state index in [2.05, 4.69) is 27.7 Å². The summed E-state index contributed by atoms with van der Waals surface area (Å²) in [5, 5.41) is 17.3. The molecule has 1 aromatic heterocycles. The van der Waals surface area contributed by atoms with Crippen molar-refractivity contribution in [1.29, 1.82) is 0 Å². The molecule has 1 aliphatic heterocycles. The Morgan fingerprint density at radius 1 is 1.03 bits per heavy atom. The topological polar surface area (TPSA) is 77.5 Å². The molecule has 1 atom stereocenters. The van der Waals surface area contributed by atoms with Crippen LogP contribution in [-0.4, -0.2) is 47.1 Å². The quantitative estimate of drug-likeness (QED) is 0.390. The first-order valence-corrected chi connectivity index (χ1v) is 12.1. The molecule has 0 spiro atoms. The van der Waals surface area contributed by atoms with Crippen LogP contribution in [0.1, 0.15) is 34.5 Å². The van der Waals surface area contributed by atoms with Crippen LogP contribution in [0.15, 0.2) is 78.9 Å². The second kappa shape index (κ2) is 10.3. The van der Waals surface area contributed by atoms with E-state index in [4.69, 9.17) is 4.98 Å². The van der Waals surface area contributed by atoms with Gasteiger partial charge in [-0.05, 0) is 30.7 Å². The van der Waals surface area contributed by atoms with Crippen LogP contribution < -0.4 is 10.6 Å². The first kappa shape index (κ1) is 23.0. The normalized spacial score (nSPS) is 15.1. The van der Waals surface area contributed by atoms with E-state index in [-0.39, 0.29) is 17.7 Å². The monoisotopic (exact) mass is 466 g/mol. The van der Waals surface area contributed by atoms with Gasteiger partial charge in [0.2, 0.25) is 0 Å². The standard InChI is InChI=1S/C29H30N4O2/c1-20(22-10-7-11-23(34)18-22)31-29(35)27-24-12-5-6-13-26(24)32-28(21-8-3-2-4-9-21)25(27)19-33-16-14-30-15-17-33/h2-13,18,20,30,34H,14-17,19H2,1H3,(H,31,35)/t20-/m0/s1. The van der Waals surface area contributed by atoms with Gasteiger partial charge < -0.3 is 15.7 Å². The van der Waals surface area contributed by atoms with Gasteiger partial charge in [-0.15, -0.1) is 0 Å². The molecule has 4 aromatic rings. The van der Waals surface area contributed by atoms with Crippen molar-refractivity contribution < 1.29 is 9.90 Å². The SMILES string of the molecule is C[C@H](NC(=O)c1c(CN2CCNCC2)c(-c2ccccc2)nc2ccccc12)c1cccc(O)c1. The highest BCUT2D eigenvalue weighted by Crippen LogP contribution is 2.32. The summed E-state index contributed by atoms with van der Waals surface area (Å²) < 4.78 is 0. The molecule has 6 nitrogen and oxygen atoms in total. The number of fused-ring (bicyclic) bond motifs is 1. The number of piperazine rings is 1. The summed E-state index contributed by atoms with van der Waals surface area (Å²) in [5.74, 6) is 0.0467. The summed E-state index contributed by atoms with van der Waals surface area (Å²) in [5.41, 5.74) is 5.10. The van der Waals surface area contributed by atoms with Crippen LogP contribution in [0.25, 0.3) is 22.2 Å². The van der Waals surface area contributed by atoms with Crippen molar-refractivity contribution in [1.82, 2.24) is 20.5 Å². The highest BCUT2D eigenvalue weighted by molar-refractivity contribution is 6.09. The van der Waals surface area contributed by atoms with E-state index in [1.807, 2.05) is 55.5 Å². The average Bonchev–Trinajstić information content (AvgIpc) is 2.89. The van der Waals surface area contributed by atoms with Gasteiger partial charge in [-0.3, -0.25) is 9.69 Å². The van der Waals surface area contributed by atoms with Crippen molar-refractivity contribution in [3.05, 3.63) is 95.6 Å². The Morgan fingerprint density at radius 3 is 2.54 bits per heavy atom. The third kappa shape index (κ3) is 5.04. The van der Waals surface area contributed by atoms with E-state index in [9.17, 15) is 9.90 Å². The second-order valence-electron chi connectivity index (χ2n) is 9.01. The van der Waals surface area contributed by atoms with E-state index in [0.717, 1.165) is 59.5 Å². The predicted octanol–water partition coefficient (Wildman–Crippen LogP) is 4.50. The number of aromatic hydroxyl groups is 1. The lowest BCUT2D eigenvalue weighted by Gasteiger charge is -2.29. The molecule has 35 heavy (non-hydrogen) atoms. The van der Waals surface area contributed by atoms with Crippen molar-refractivity contribution in [3.8, 4) is 17.0 Å². The molecule has 0 unspecified atom stereocenters. The van der Waals surface area contributed by atoms with Crippen LogP contribution in [0.3, 0.4) is 0 Å². The molecule has 3 N–H and O–H groups in total. The van der Waals surface area contributed by atoms with Gasteiger partial charge >= 0.3 is 0 Å². The van der Waals surface area contributed by atoms with Gasteiger partial charge in [0.1, 0.15) is 5.75 Å². The number of nitrogens with zero attached hydrogens (tertiary/aromatic N) is 2. The van der Waals surface area contributed by atoms with Gasteiger partial charge in [-0.25, -0.2) is 4.98 Å². The highest BCUT2D eigenvalue weighted by Gasteiger charge is 2.25. The van der Waals surface area contributed by atoms with Gasteiger partial charge in [0.05, 0.1) is 22.8 Å². The summed E-state index contributed by atoms with van der Waals surface area (Å²) in [4.78, 5) is 21.4. The van der Waals surface area contributed by atoms with E-state index < -0.39 is 0 Å². The predicted molar refractivity (Wildman–Crippen MR) is 139 cm³/mol. The van der Waals surface area contributed by atoms with Crippen LogP contribution in [0.4, 0.5) is 0 Å². The third-order valence-electron chi connectivity index (χ3n) is 6.58. The fourth-order valence-corrected chi connectivity index (χ4v) is 4.74. The number of pyridine rings is 1. The summed E-state index contributed by atoms with van der Waals surface area (Å²) in [6.45, 7) is 6.27. The number of rotatable bonds is 6. The molecule has 0 bridgehead atoms. The molecule has 1 fully saturated rings. The van der Waals surface area contributed by atoms with E-state index >= 15 is 0 Å². The van der Waals surface area contributed by atoms with Gasteiger partial charge in [0.15, 0.2) is 0 Å². The maximum atomic E-state index is 13.9. The largest absolute Gasteiger partial charge is 0.508 e. The van der Waals surface area contributed by atoms with Crippen molar-refractivity contribution >= 4 is 16.8 Å². The van der Waals surface area contributed by atoms with Crippen LogP contribution in [-0.2, 0) is 6.54 Å². The van der Waals surface area contributed by atoms with Crippen molar-refractivity contribution in [2.45, 2.75) is 19.5 Å². The summed E-state index contributed by atoms with van der Waals surface area (Å²) in [6.07, 6.45) is 0. The first-order chi connectivity index (χ1) is 17.1. The van der Waals surface area contributed by atoms with Crippen LogP contribution >= 0.6 is 0 Å². The number of hydrogen-bond donors (Lipinski definition) is 3. The van der Waals surface area contributed by atoms with Crippen molar-refractivity contribution in [2.75, 3.05) is 26.2 Å². The van der Waals surface area contributed by atoms with Gasteiger partial charge in [0.25, 0.3) is 5.91 Å². The number of aromatic nitrogens is 1. The number of amides is 1. The minimum atomic E-state index is -0.270. The molecular weight excluding hydrogens is 436 g/mol. The third-order valence-corrected chi connectivity index (χ3v) is 6.58. The van der Waals surface area contributed by atoms with E-state index in [1.54, 1.807) is 18.2 Å². The zero-order chi connectivity index (χ0) is 24.2. The Balaban J connectivity index is 1.63. The number of para-hydroxylation sites is 1. The minimum Gasteiger partial charge on any atom is -0.508 e. The molecule has 6 heteroatoms. The summed E-state index contributed by atoms with van der Waals surface area (Å²) >= 11 is 0. The molecule has 178 valence electrons. The fourth-order valence-electron chi connectivity index (χ4n) is 4.74. The zero-order valence-corrected chi connectivity index (χ0v) is 19.9. The van der Waals surface area contributed by atoms with E-state index in [0.29, 0.717) is 12.1 Å². The lowest BCUT2D eigenvalue weighted by Crippen LogP contribution is -2.43. The van der Waals surface area contributed by atoms with E-state index in [1.165, 1.54) is 0 Å². The van der Waals surface area contributed by atoms with Crippen molar-refractivity contribution in [2.24, 2.45) is 0 Å². The maximum absolute atomic E-state index is 13.9. The average molecular weight is 467 g/mol. The first-order valence-electron chi connectivity index (χ1n) is 12.1. The molecular formula is C29H30N4O2. The molecule has 1 aliphatic rings. The summed E-state index contributed by atoms with van der Waals surface area (Å²) in [7, 11) is 0. The zero-order valence-electron chi connectivity index (χ0n) is 19.9. The summed E-state index contributed by atoms with van der Waals surface area (Å²) in [6, 6.07) is 24.7. The molecule has 2 heterocycles. The molecule has 3 aromatic carbocycles. The number of phenolic OH excluding ortho intramolecular Hbond substituents is 1. The van der Waals surface area contributed by atoms with Gasteiger partial charge in [-0.2, -0.15) is 0 Å². The molecule has 1 amide bonds. The Labute approximate surface area is 205 Å². The van der Waals surface area contributed by atoms with Crippen molar-refractivity contribution in [3.63, 3.8) is 0 Å². The molecule has 0 aliphatic carbocycles. The molecule has 0 radical (unpaired) electrons. The van der Waals surface area contributed by atoms with Crippen LogP contribution in [0.2, 0.25) is 0 Å². The number of benzene rings is 3. The Hall–Kier alpha value is -3.74. The Kier molecular flexibility index (Phi) is 6.75. The molecule has 5 rings (SSSR count). The maximum Gasteiger partial charge on any atom is 0.252 e.